The summed E-state index contributed by atoms with van der Waals surface area (Å²) in [5.74, 6) is 2.51. The lowest BCUT2D eigenvalue weighted by atomic mass is 10.0. The molecule has 1 aromatic heterocycles. The lowest BCUT2D eigenvalue weighted by Crippen LogP contribution is -2.46. The molecule has 0 aromatic carbocycles. The maximum absolute atomic E-state index is 9.24. The highest BCUT2D eigenvalue weighted by Crippen LogP contribution is 2.26. The molecule has 0 spiro atoms. The van der Waals surface area contributed by atoms with Crippen LogP contribution in [0.1, 0.15) is 24.1 Å². The Balaban J connectivity index is 1.21. The molecule has 0 atom stereocenters. The van der Waals surface area contributed by atoms with Gasteiger partial charge in [-0.25, -0.2) is 4.98 Å². The van der Waals surface area contributed by atoms with Crippen molar-refractivity contribution in [3.05, 3.63) is 71.4 Å². The number of ether oxygens (including phenoxy) is 2. The number of hydrogen-bond donors (Lipinski definition) is 0. The highest BCUT2D eigenvalue weighted by atomic mass is 32.2. The van der Waals surface area contributed by atoms with Crippen LogP contribution >= 0.6 is 11.8 Å². The smallest absolute Gasteiger partial charge is 0.231 e. The molecule has 3 aliphatic rings. The summed E-state index contributed by atoms with van der Waals surface area (Å²) in [4.78, 5) is 9.17. The van der Waals surface area contributed by atoms with Gasteiger partial charge in [0, 0.05) is 44.2 Å². The van der Waals surface area contributed by atoms with Crippen LogP contribution in [0.3, 0.4) is 0 Å². The van der Waals surface area contributed by atoms with Crippen LogP contribution in [-0.4, -0.2) is 53.3 Å². The first-order valence-electron chi connectivity index (χ1n) is 10.3. The average Bonchev–Trinajstić information content (AvgIpc) is 2.80. The molecule has 1 aromatic rings. The zero-order valence-electron chi connectivity index (χ0n) is 17.2. The quantitative estimate of drug-likeness (QED) is 0.644. The number of rotatable bonds is 6. The van der Waals surface area contributed by atoms with Gasteiger partial charge in [0.1, 0.15) is 17.4 Å². The molecule has 0 amide bonds. The Labute approximate surface area is 182 Å². The van der Waals surface area contributed by atoms with E-state index in [1.54, 1.807) is 24.3 Å². The Morgan fingerprint density at radius 3 is 2.73 bits per heavy atom. The number of pyridine rings is 1. The van der Waals surface area contributed by atoms with Crippen molar-refractivity contribution < 1.29 is 9.47 Å². The number of aromatic nitrogens is 1. The van der Waals surface area contributed by atoms with Crippen molar-refractivity contribution in [2.24, 2.45) is 0 Å². The van der Waals surface area contributed by atoms with Gasteiger partial charge in [-0.15, -0.1) is 11.8 Å². The fourth-order valence-electron chi connectivity index (χ4n) is 3.58. The van der Waals surface area contributed by atoms with E-state index in [1.807, 2.05) is 19.1 Å². The lowest BCUT2D eigenvalue weighted by molar-refractivity contribution is 0.0872. The fraction of sp³-hybridized carbons (Fsp3) is 0.391. The van der Waals surface area contributed by atoms with Gasteiger partial charge >= 0.3 is 0 Å². The number of allylic oxidation sites excluding steroid dienone is 4. The third-order valence-electron chi connectivity index (χ3n) is 5.35. The van der Waals surface area contributed by atoms with Crippen molar-refractivity contribution in [2.45, 2.75) is 24.8 Å². The van der Waals surface area contributed by atoms with E-state index in [0.717, 1.165) is 73.7 Å². The SMILES string of the molecule is Cc1ccc(C#N)c(SCCN2CCN(C3=COC(C4=CC=CCC4)=CO3)CC2)n1. The predicted octanol–water partition coefficient (Wildman–Crippen LogP) is 3.93. The Kier molecular flexibility index (Phi) is 6.77. The lowest BCUT2D eigenvalue weighted by Gasteiger charge is -2.36. The van der Waals surface area contributed by atoms with Gasteiger partial charge in [-0.2, -0.15) is 5.26 Å². The molecule has 0 bridgehead atoms. The Bertz CT molecular complexity index is 937. The van der Waals surface area contributed by atoms with E-state index < -0.39 is 0 Å². The first-order chi connectivity index (χ1) is 14.7. The van der Waals surface area contributed by atoms with Gasteiger partial charge in [-0.1, -0.05) is 18.2 Å². The van der Waals surface area contributed by atoms with Crippen LogP contribution < -0.4 is 0 Å². The van der Waals surface area contributed by atoms with Gasteiger partial charge in [0.25, 0.3) is 0 Å². The van der Waals surface area contributed by atoms with E-state index >= 15 is 0 Å². The number of thioether (sulfide) groups is 1. The van der Waals surface area contributed by atoms with Crippen LogP contribution in [0.2, 0.25) is 0 Å². The number of hydrogen-bond acceptors (Lipinski definition) is 7. The third kappa shape index (κ3) is 5.07. The Morgan fingerprint density at radius 1 is 1.17 bits per heavy atom. The summed E-state index contributed by atoms with van der Waals surface area (Å²) in [7, 11) is 0. The molecule has 7 heteroatoms. The maximum Gasteiger partial charge on any atom is 0.231 e. The number of aryl methyl sites for hydroxylation is 1. The number of piperazine rings is 1. The maximum atomic E-state index is 9.24. The summed E-state index contributed by atoms with van der Waals surface area (Å²) in [6.07, 6.45) is 11.8. The highest BCUT2D eigenvalue weighted by molar-refractivity contribution is 7.99. The van der Waals surface area contributed by atoms with E-state index in [0.29, 0.717) is 5.56 Å². The third-order valence-corrected chi connectivity index (χ3v) is 6.33. The zero-order chi connectivity index (χ0) is 20.8. The molecule has 2 aliphatic heterocycles. The highest BCUT2D eigenvalue weighted by Gasteiger charge is 2.22. The largest absolute Gasteiger partial charge is 0.456 e. The van der Waals surface area contributed by atoms with Crippen molar-refractivity contribution in [3.8, 4) is 6.07 Å². The molecule has 4 rings (SSSR count). The molecule has 0 unspecified atom stereocenters. The predicted molar refractivity (Wildman–Crippen MR) is 117 cm³/mol. The van der Waals surface area contributed by atoms with Gasteiger partial charge < -0.3 is 14.4 Å². The second kappa shape index (κ2) is 9.88. The van der Waals surface area contributed by atoms with Crippen LogP contribution in [-0.2, 0) is 9.47 Å². The molecule has 1 saturated heterocycles. The van der Waals surface area contributed by atoms with Crippen molar-refractivity contribution in [2.75, 3.05) is 38.5 Å². The normalized spacial score (nSPS) is 19.2. The average molecular weight is 423 g/mol. The molecular weight excluding hydrogens is 396 g/mol. The summed E-state index contributed by atoms with van der Waals surface area (Å²) in [6, 6.07) is 5.97. The summed E-state index contributed by atoms with van der Waals surface area (Å²) < 4.78 is 11.7. The van der Waals surface area contributed by atoms with Crippen molar-refractivity contribution >= 4 is 11.8 Å². The van der Waals surface area contributed by atoms with Crippen LogP contribution in [0.15, 0.2) is 65.1 Å². The standard InChI is InChI=1S/C23H26N4O2S/c1-18-7-8-20(15-24)23(25-18)30-14-13-26-9-11-27(12-10-26)22-17-28-21(16-29-22)19-5-3-2-4-6-19/h2-3,5,7-8,16-17H,4,6,9-14H2,1H3. The summed E-state index contributed by atoms with van der Waals surface area (Å²) in [5, 5.41) is 10.1. The minimum atomic E-state index is 0.657. The Morgan fingerprint density at radius 2 is 2.03 bits per heavy atom. The molecule has 1 aliphatic carbocycles. The van der Waals surface area contributed by atoms with Gasteiger partial charge in [0.2, 0.25) is 5.88 Å². The van der Waals surface area contributed by atoms with Crippen LogP contribution in [0.25, 0.3) is 0 Å². The summed E-state index contributed by atoms with van der Waals surface area (Å²) in [5.41, 5.74) is 2.78. The fourth-order valence-corrected chi connectivity index (χ4v) is 4.60. The van der Waals surface area contributed by atoms with Crippen molar-refractivity contribution in [1.29, 1.82) is 5.26 Å². The monoisotopic (exact) mass is 422 g/mol. The van der Waals surface area contributed by atoms with Gasteiger partial charge in [-0.05, 0) is 37.5 Å². The molecular formula is C23H26N4O2S. The second-order valence-corrected chi connectivity index (χ2v) is 8.51. The zero-order valence-corrected chi connectivity index (χ0v) is 18.0. The molecule has 6 nitrogen and oxygen atoms in total. The molecule has 156 valence electrons. The first-order valence-corrected chi connectivity index (χ1v) is 11.3. The second-order valence-electron chi connectivity index (χ2n) is 7.43. The number of nitriles is 1. The molecule has 3 heterocycles. The van der Waals surface area contributed by atoms with Crippen LogP contribution in [0.5, 0.6) is 0 Å². The molecule has 30 heavy (non-hydrogen) atoms. The van der Waals surface area contributed by atoms with Crippen LogP contribution in [0.4, 0.5) is 0 Å². The van der Waals surface area contributed by atoms with Crippen LogP contribution in [0, 0.1) is 18.3 Å². The summed E-state index contributed by atoms with van der Waals surface area (Å²) in [6.45, 7) is 6.68. The van der Waals surface area contributed by atoms with Crippen molar-refractivity contribution in [3.63, 3.8) is 0 Å². The first kappa shape index (κ1) is 20.6. The minimum Gasteiger partial charge on any atom is -0.456 e. The van der Waals surface area contributed by atoms with E-state index in [-0.39, 0.29) is 0 Å². The van der Waals surface area contributed by atoms with E-state index in [9.17, 15) is 5.26 Å². The summed E-state index contributed by atoms with van der Waals surface area (Å²) >= 11 is 1.66. The van der Waals surface area contributed by atoms with Gasteiger partial charge in [0.05, 0.1) is 5.56 Å². The molecule has 0 radical (unpaired) electrons. The van der Waals surface area contributed by atoms with Gasteiger partial charge in [-0.3, -0.25) is 4.90 Å². The van der Waals surface area contributed by atoms with Crippen molar-refractivity contribution in [1.82, 2.24) is 14.8 Å². The number of nitrogens with zero attached hydrogens (tertiary/aromatic N) is 4. The topological polar surface area (TPSA) is 61.6 Å². The molecule has 1 fully saturated rings. The van der Waals surface area contributed by atoms with E-state index in [4.69, 9.17) is 9.47 Å². The molecule has 0 saturated carbocycles. The van der Waals surface area contributed by atoms with E-state index in [1.165, 1.54) is 5.57 Å². The Hall–Kier alpha value is -2.69. The van der Waals surface area contributed by atoms with Gasteiger partial charge in [0.15, 0.2) is 12.0 Å². The minimum absolute atomic E-state index is 0.657. The molecule has 0 N–H and O–H groups in total. The van der Waals surface area contributed by atoms with E-state index in [2.05, 4.69) is 39.1 Å².